The molecule has 1 heterocycles. The maximum atomic E-state index is 13.1. The molecule has 3 aromatic rings. The second-order valence-corrected chi connectivity index (χ2v) is 8.69. The van der Waals surface area contributed by atoms with Gasteiger partial charge < -0.3 is 20.5 Å². The van der Waals surface area contributed by atoms with E-state index in [1.54, 1.807) is 0 Å². The highest BCUT2D eigenvalue weighted by Crippen LogP contribution is 2.44. The van der Waals surface area contributed by atoms with Crippen molar-refractivity contribution >= 4 is 34.5 Å². The minimum absolute atomic E-state index is 0.0555. The molecule has 1 aliphatic rings. The van der Waals surface area contributed by atoms with E-state index in [2.05, 4.69) is 15.0 Å². The van der Waals surface area contributed by atoms with Gasteiger partial charge in [-0.25, -0.2) is 18.4 Å². The maximum Gasteiger partial charge on any atom is 0.407 e. The summed E-state index contributed by atoms with van der Waals surface area (Å²) in [5.41, 5.74) is 3.95. The summed E-state index contributed by atoms with van der Waals surface area (Å²) in [7, 11) is 0. The summed E-state index contributed by atoms with van der Waals surface area (Å²) in [6.07, 6.45) is -4.91. The Balaban J connectivity index is 1.44. The Morgan fingerprint density at radius 1 is 1.09 bits per heavy atom. The van der Waals surface area contributed by atoms with E-state index < -0.39 is 36.9 Å². The highest BCUT2D eigenvalue weighted by atomic mass is 32.1. The Morgan fingerprint density at radius 3 is 2.26 bits per heavy atom. The summed E-state index contributed by atoms with van der Waals surface area (Å²) < 4.78 is 35.5. The molecule has 35 heavy (non-hydrogen) atoms. The fourth-order valence-corrected chi connectivity index (χ4v) is 4.89. The number of aromatic nitrogens is 1. The van der Waals surface area contributed by atoms with E-state index in [0.717, 1.165) is 22.3 Å². The molecule has 8 nitrogen and oxygen atoms in total. The lowest BCUT2D eigenvalue weighted by atomic mass is 9.98. The standard InChI is InChI=1S/C24H21F2N3O5S/c1-12-20(23(31)32)22(35-29-12)28-21(30)18(10-19(25)26)27-24(33)34-11-17-15-8-4-2-6-13(15)14-7-3-5-9-16(14)17/h2-9,17-19H,10-11H2,1H3,(H,27,33)(H,28,30)(H,31,32). The molecule has 1 aliphatic carbocycles. The number of carbonyl (C=O) groups excluding carboxylic acids is 2. The molecule has 3 N–H and O–H groups in total. The first-order valence-corrected chi connectivity index (χ1v) is 11.4. The number of rotatable bonds is 8. The monoisotopic (exact) mass is 501 g/mol. The number of nitrogens with zero attached hydrogens (tertiary/aromatic N) is 1. The Hall–Kier alpha value is -3.86. The molecular weight excluding hydrogens is 480 g/mol. The molecule has 0 bridgehead atoms. The summed E-state index contributed by atoms with van der Waals surface area (Å²) >= 11 is 0.708. The molecule has 2 amide bonds. The van der Waals surface area contributed by atoms with Crippen molar-refractivity contribution in [3.63, 3.8) is 0 Å². The van der Waals surface area contributed by atoms with Gasteiger partial charge in [0.05, 0.1) is 5.69 Å². The van der Waals surface area contributed by atoms with Crippen molar-refractivity contribution in [1.82, 2.24) is 9.69 Å². The van der Waals surface area contributed by atoms with E-state index in [-0.39, 0.29) is 28.8 Å². The van der Waals surface area contributed by atoms with Crippen molar-refractivity contribution in [2.45, 2.75) is 31.7 Å². The van der Waals surface area contributed by atoms with Gasteiger partial charge >= 0.3 is 12.1 Å². The number of ether oxygens (including phenoxy) is 1. The minimum atomic E-state index is -2.90. The third-order valence-corrected chi connectivity index (χ3v) is 6.53. The number of alkyl carbamates (subject to hydrolysis) is 1. The fourth-order valence-electron chi connectivity index (χ4n) is 4.10. The van der Waals surface area contributed by atoms with Crippen molar-refractivity contribution < 1.29 is 33.0 Å². The van der Waals surface area contributed by atoms with Crippen LogP contribution in [0, 0.1) is 6.92 Å². The number of fused-ring (bicyclic) bond motifs is 3. The summed E-state index contributed by atoms with van der Waals surface area (Å²) in [6.45, 7) is 1.39. The number of carboxylic acid groups (broad SMARTS) is 1. The number of benzene rings is 2. The lowest BCUT2D eigenvalue weighted by molar-refractivity contribution is -0.119. The van der Waals surface area contributed by atoms with E-state index in [9.17, 15) is 28.3 Å². The van der Waals surface area contributed by atoms with E-state index >= 15 is 0 Å². The smallest absolute Gasteiger partial charge is 0.407 e. The molecule has 2 aromatic carbocycles. The predicted octanol–water partition coefficient (Wildman–Crippen LogP) is 4.65. The molecule has 0 spiro atoms. The van der Waals surface area contributed by atoms with Crippen LogP contribution in [-0.2, 0) is 9.53 Å². The van der Waals surface area contributed by atoms with Crippen LogP contribution in [0.3, 0.4) is 0 Å². The van der Waals surface area contributed by atoms with Gasteiger partial charge in [-0.2, -0.15) is 4.37 Å². The third kappa shape index (κ3) is 5.14. The van der Waals surface area contributed by atoms with Crippen molar-refractivity contribution in [3.05, 3.63) is 70.9 Å². The number of carboxylic acids is 1. The molecule has 0 saturated carbocycles. The quantitative estimate of drug-likeness (QED) is 0.414. The van der Waals surface area contributed by atoms with Crippen LogP contribution in [-0.4, -0.2) is 46.5 Å². The van der Waals surface area contributed by atoms with Crippen LogP contribution in [0.25, 0.3) is 11.1 Å². The molecule has 0 aliphatic heterocycles. The van der Waals surface area contributed by atoms with Crippen LogP contribution < -0.4 is 10.6 Å². The Bertz CT molecular complexity index is 1230. The number of aryl methyl sites for hydroxylation is 1. The molecule has 182 valence electrons. The minimum Gasteiger partial charge on any atom is -0.478 e. The van der Waals surface area contributed by atoms with Gasteiger partial charge in [0.15, 0.2) is 0 Å². The fraction of sp³-hybridized carbons (Fsp3) is 0.250. The van der Waals surface area contributed by atoms with Gasteiger partial charge in [-0.3, -0.25) is 4.79 Å². The zero-order chi connectivity index (χ0) is 25.1. The number of nitrogens with one attached hydrogen (secondary N) is 2. The largest absolute Gasteiger partial charge is 0.478 e. The number of aromatic carboxylic acids is 1. The van der Waals surface area contributed by atoms with E-state index in [0.29, 0.717) is 11.5 Å². The number of amides is 2. The number of carbonyl (C=O) groups is 3. The highest BCUT2D eigenvalue weighted by Gasteiger charge is 2.31. The normalized spacial score (nSPS) is 13.1. The SMILES string of the molecule is Cc1nsc(NC(=O)C(CC(F)F)NC(=O)OCC2c3ccccc3-c3ccccc32)c1C(=O)O. The van der Waals surface area contributed by atoms with Gasteiger partial charge in [-0.1, -0.05) is 48.5 Å². The molecule has 0 radical (unpaired) electrons. The molecule has 11 heteroatoms. The first-order valence-electron chi connectivity index (χ1n) is 10.7. The topological polar surface area (TPSA) is 118 Å². The van der Waals surface area contributed by atoms with Crippen LogP contribution in [0.5, 0.6) is 0 Å². The first kappa shape index (κ1) is 24.3. The Labute approximate surface area is 203 Å². The molecule has 4 rings (SSSR count). The second-order valence-electron chi connectivity index (χ2n) is 7.92. The number of alkyl halides is 2. The molecule has 0 fully saturated rings. The van der Waals surface area contributed by atoms with E-state index in [4.69, 9.17) is 4.74 Å². The molecular formula is C24H21F2N3O5S. The summed E-state index contributed by atoms with van der Waals surface area (Å²) in [4.78, 5) is 36.5. The van der Waals surface area contributed by atoms with Gasteiger partial charge in [0.2, 0.25) is 12.3 Å². The number of anilines is 1. The van der Waals surface area contributed by atoms with Crippen LogP contribution in [0.15, 0.2) is 48.5 Å². The number of hydrogen-bond acceptors (Lipinski definition) is 6. The molecule has 1 unspecified atom stereocenters. The number of halogens is 2. The summed E-state index contributed by atoms with van der Waals surface area (Å²) in [6, 6.07) is 13.8. The van der Waals surface area contributed by atoms with E-state index in [1.807, 2.05) is 48.5 Å². The lowest BCUT2D eigenvalue weighted by Crippen LogP contribution is -2.45. The van der Waals surface area contributed by atoms with Crippen LogP contribution in [0.2, 0.25) is 0 Å². The van der Waals surface area contributed by atoms with Crippen LogP contribution in [0.4, 0.5) is 18.6 Å². The van der Waals surface area contributed by atoms with E-state index in [1.165, 1.54) is 6.92 Å². The average molecular weight is 502 g/mol. The second kappa shape index (κ2) is 10.2. The Morgan fingerprint density at radius 2 is 1.69 bits per heavy atom. The zero-order valence-corrected chi connectivity index (χ0v) is 19.3. The molecule has 0 saturated heterocycles. The van der Waals surface area contributed by atoms with Gasteiger partial charge in [0.1, 0.15) is 23.2 Å². The predicted molar refractivity (Wildman–Crippen MR) is 125 cm³/mol. The third-order valence-electron chi connectivity index (χ3n) is 5.68. The summed E-state index contributed by atoms with van der Waals surface area (Å²) in [5, 5.41) is 13.7. The van der Waals surface area contributed by atoms with Crippen molar-refractivity contribution in [2.75, 3.05) is 11.9 Å². The van der Waals surface area contributed by atoms with Crippen molar-refractivity contribution in [1.29, 1.82) is 0 Å². The number of hydrogen-bond donors (Lipinski definition) is 3. The van der Waals surface area contributed by atoms with Gasteiger partial charge in [0, 0.05) is 12.3 Å². The van der Waals surface area contributed by atoms with Gasteiger partial charge in [-0.15, -0.1) is 0 Å². The molecule has 1 atom stereocenters. The molecule has 1 aromatic heterocycles. The Kier molecular flexibility index (Phi) is 7.06. The van der Waals surface area contributed by atoms with Crippen LogP contribution >= 0.6 is 11.5 Å². The zero-order valence-electron chi connectivity index (χ0n) is 18.5. The van der Waals surface area contributed by atoms with Crippen molar-refractivity contribution in [2.24, 2.45) is 0 Å². The summed E-state index contributed by atoms with van der Waals surface area (Å²) in [5.74, 6) is -2.56. The maximum absolute atomic E-state index is 13.1. The highest BCUT2D eigenvalue weighted by molar-refractivity contribution is 7.11. The van der Waals surface area contributed by atoms with Gasteiger partial charge in [0.25, 0.3) is 0 Å². The first-order chi connectivity index (χ1) is 16.8. The van der Waals surface area contributed by atoms with Crippen molar-refractivity contribution in [3.8, 4) is 11.1 Å². The van der Waals surface area contributed by atoms with Crippen LogP contribution in [0.1, 0.15) is 39.5 Å². The van der Waals surface area contributed by atoms with Gasteiger partial charge in [-0.05, 0) is 40.7 Å². The lowest BCUT2D eigenvalue weighted by Gasteiger charge is -2.19. The average Bonchev–Trinajstić information content (AvgIpc) is 3.34.